The van der Waals surface area contributed by atoms with Crippen molar-refractivity contribution in [2.45, 2.75) is 52.5 Å². The predicted octanol–water partition coefficient (Wildman–Crippen LogP) is 2.01. The van der Waals surface area contributed by atoms with Crippen LogP contribution >= 0.6 is 0 Å². The fraction of sp³-hybridized carbons (Fsp3) is 0.923. The molecule has 1 aliphatic heterocycles. The number of carbonyl (C=O) groups is 1. The standard InChI is InChI=1S/C13H26N2O/c1-10(2)4-7-13(16)15-9-12(8-14)6-5-11(15)3/h10-12H,4-9,14H2,1-3H3. The quantitative estimate of drug-likeness (QED) is 0.797. The molecule has 0 spiro atoms. The first-order chi connectivity index (χ1) is 7.54. The summed E-state index contributed by atoms with van der Waals surface area (Å²) in [6.07, 6.45) is 3.97. The zero-order valence-electron chi connectivity index (χ0n) is 10.9. The summed E-state index contributed by atoms with van der Waals surface area (Å²) in [5.41, 5.74) is 5.70. The fourth-order valence-electron chi connectivity index (χ4n) is 2.28. The lowest BCUT2D eigenvalue weighted by Gasteiger charge is -2.38. The maximum atomic E-state index is 12.1. The van der Waals surface area contributed by atoms with Crippen molar-refractivity contribution in [1.29, 1.82) is 0 Å². The molecule has 0 aromatic heterocycles. The minimum atomic E-state index is 0.319. The first-order valence-corrected chi connectivity index (χ1v) is 6.54. The van der Waals surface area contributed by atoms with Gasteiger partial charge in [0.1, 0.15) is 0 Å². The molecule has 3 heteroatoms. The number of hydrogen-bond acceptors (Lipinski definition) is 2. The van der Waals surface area contributed by atoms with Gasteiger partial charge in [0.15, 0.2) is 0 Å². The molecule has 0 aliphatic carbocycles. The molecule has 0 aromatic rings. The van der Waals surface area contributed by atoms with Crippen LogP contribution in [0.4, 0.5) is 0 Å². The van der Waals surface area contributed by atoms with Crippen LogP contribution < -0.4 is 5.73 Å². The van der Waals surface area contributed by atoms with Gasteiger partial charge in [-0.3, -0.25) is 4.79 Å². The van der Waals surface area contributed by atoms with Crippen molar-refractivity contribution in [3.63, 3.8) is 0 Å². The number of piperidine rings is 1. The molecule has 0 radical (unpaired) electrons. The maximum absolute atomic E-state index is 12.1. The lowest BCUT2D eigenvalue weighted by atomic mass is 9.93. The second-order valence-corrected chi connectivity index (χ2v) is 5.51. The number of rotatable bonds is 4. The third-order valence-electron chi connectivity index (χ3n) is 3.57. The number of carbonyl (C=O) groups excluding carboxylic acids is 1. The Balaban J connectivity index is 2.45. The highest BCUT2D eigenvalue weighted by molar-refractivity contribution is 5.76. The largest absolute Gasteiger partial charge is 0.340 e. The first-order valence-electron chi connectivity index (χ1n) is 6.54. The Bertz CT molecular complexity index is 228. The molecule has 2 N–H and O–H groups in total. The summed E-state index contributed by atoms with van der Waals surface area (Å²) in [6.45, 7) is 8.06. The van der Waals surface area contributed by atoms with E-state index in [0.29, 0.717) is 36.8 Å². The van der Waals surface area contributed by atoms with E-state index in [1.54, 1.807) is 0 Å². The van der Waals surface area contributed by atoms with Crippen LogP contribution in [0.5, 0.6) is 0 Å². The third-order valence-corrected chi connectivity index (χ3v) is 3.57. The minimum absolute atomic E-state index is 0.319. The molecule has 2 unspecified atom stereocenters. The van der Waals surface area contributed by atoms with Gasteiger partial charge in [-0.15, -0.1) is 0 Å². The van der Waals surface area contributed by atoms with Crippen LogP contribution in [0.25, 0.3) is 0 Å². The lowest BCUT2D eigenvalue weighted by molar-refractivity contribution is -0.135. The van der Waals surface area contributed by atoms with E-state index in [0.717, 1.165) is 19.4 Å². The summed E-state index contributed by atoms with van der Waals surface area (Å²) in [6, 6.07) is 0.405. The van der Waals surface area contributed by atoms with Gasteiger partial charge >= 0.3 is 0 Å². The van der Waals surface area contributed by atoms with Gasteiger partial charge < -0.3 is 10.6 Å². The van der Waals surface area contributed by atoms with E-state index in [-0.39, 0.29) is 0 Å². The van der Waals surface area contributed by atoms with Crippen molar-refractivity contribution >= 4 is 5.91 Å². The molecular weight excluding hydrogens is 200 g/mol. The third kappa shape index (κ3) is 3.78. The predicted molar refractivity (Wildman–Crippen MR) is 67.0 cm³/mol. The maximum Gasteiger partial charge on any atom is 0.222 e. The second kappa shape index (κ2) is 6.24. The molecule has 1 saturated heterocycles. The SMILES string of the molecule is CC(C)CCC(=O)N1CC(CN)CCC1C. The van der Waals surface area contributed by atoms with Crippen LogP contribution in [-0.4, -0.2) is 29.9 Å². The fourth-order valence-corrected chi connectivity index (χ4v) is 2.28. The van der Waals surface area contributed by atoms with Gasteiger partial charge in [-0.25, -0.2) is 0 Å². The van der Waals surface area contributed by atoms with Gasteiger partial charge in [-0.05, 0) is 44.6 Å². The van der Waals surface area contributed by atoms with E-state index < -0.39 is 0 Å². The van der Waals surface area contributed by atoms with Gasteiger partial charge in [0.2, 0.25) is 5.91 Å². The van der Waals surface area contributed by atoms with Crippen molar-refractivity contribution in [3.8, 4) is 0 Å². The van der Waals surface area contributed by atoms with E-state index >= 15 is 0 Å². The average Bonchev–Trinajstić information content (AvgIpc) is 2.26. The Morgan fingerprint density at radius 2 is 2.12 bits per heavy atom. The van der Waals surface area contributed by atoms with E-state index in [4.69, 9.17) is 5.73 Å². The molecule has 3 nitrogen and oxygen atoms in total. The first kappa shape index (κ1) is 13.5. The number of hydrogen-bond donors (Lipinski definition) is 1. The van der Waals surface area contributed by atoms with Gasteiger partial charge in [-0.1, -0.05) is 13.8 Å². The Labute approximate surface area is 99.4 Å². The summed E-state index contributed by atoms with van der Waals surface area (Å²) < 4.78 is 0. The lowest BCUT2D eigenvalue weighted by Crippen LogP contribution is -2.47. The number of likely N-dealkylation sites (tertiary alicyclic amines) is 1. The van der Waals surface area contributed by atoms with E-state index in [1.165, 1.54) is 6.42 Å². The Kier molecular flexibility index (Phi) is 5.26. The number of nitrogens with two attached hydrogens (primary N) is 1. The number of amides is 1. The van der Waals surface area contributed by atoms with Crippen molar-refractivity contribution < 1.29 is 4.79 Å². The Morgan fingerprint density at radius 1 is 1.44 bits per heavy atom. The highest BCUT2D eigenvalue weighted by Crippen LogP contribution is 2.22. The zero-order valence-corrected chi connectivity index (χ0v) is 10.9. The normalized spacial score (nSPS) is 26.2. The van der Waals surface area contributed by atoms with Crippen molar-refractivity contribution in [2.75, 3.05) is 13.1 Å². The molecule has 0 saturated carbocycles. The number of nitrogens with zero attached hydrogens (tertiary/aromatic N) is 1. The highest BCUT2D eigenvalue weighted by Gasteiger charge is 2.27. The van der Waals surface area contributed by atoms with E-state index in [2.05, 4.69) is 20.8 Å². The van der Waals surface area contributed by atoms with Crippen LogP contribution in [-0.2, 0) is 4.79 Å². The molecule has 1 rings (SSSR count). The summed E-state index contributed by atoms with van der Waals surface area (Å²) in [4.78, 5) is 14.1. The van der Waals surface area contributed by atoms with Crippen LogP contribution in [0.15, 0.2) is 0 Å². The molecule has 0 aromatic carbocycles. The molecule has 0 bridgehead atoms. The van der Waals surface area contributed by atoms with Gasteiger partial charge in [0, 0.05) is 19.0 Å². The summed E-state index contributed by atoms with van der Waals surface area (Å²) in [7, 11) is 0. The van der Waals surface area contributed by atoms with Crippen LogP contribution in [0.1, 0.15) is 46.5 Å². The Morgan fingerprint density at radius 3 is 2.69 bits per heavy atom. The monoisotopic (exact) mass is 226 g/mol. The molecule has 16 heavy (non-hydrogen) atoms. The molecular formula is C13H26N2O. The molecule has 1 fully saturated rings. The molecule has 2 atom stereocenters. The van der Waals surface area contributed by atoms with Crippen molar-refractivity contribution in [1.82, 2.24) is 4.90 Å². The van der Waals surface area contributed by atoms with Crippen LogP contribution in [0, 0.1) is 11.8 Å². The molecule has 1 heterocycles. The van der Waals surface area contributed by atoms with Crippen molar-refractivity contribution in [3.05, 3.63) is 0 Å². The zero-order chi connectivity index (χ0) is 12.1. The van der Waals surface area contributed by atoms with Crippen LogP contribution in [0.3, 0.4) is 0 Å². The second-order valence-electron chi connectivity index (χ2n) is 5.51. The highest BCUT2D eigenvalue weighted by atomic mass is 16.2. The summed E-state index contributed by atoms with van der Waals surface area (Å²) in [5.74, 6) is 1.44. The van der Waals surface area contributed by atoms with Gasteiger partial charge in [0.05, 0.1) is 0 Å². The van der Waals surface area contributed by atoms with Gasteiger partial charge in [-0.2, -0.15) is 0 Å². The van der Waals surface area contributed by atoms with Crippen molar-refractivity contribution in [2.24, 2.45) is 17.6 Å². The molecule has 94 valence electrons. The minimum Gasteiger partial charge on any atom is -0.340 e. The van der Waals surface area contributed by atoms with Crippen LogP contribution in [0.2, 0.25) is 0 Å². The van der Waals surface area contributed by atoms with E-state index in [9.17, 15) is 4.79 Å². The van der Waals surface area contributed by atoms with Gasteiger partial charge in [0.25, 0.3) is 0 Å². The molecule has 1 amide bonds. The van der Waals surface area contributed by atoms with E-state index in [1.807, 2.05) is 4.90 Å². The molecule has 1 aliphatic rings. The average molecular weight is 226 g/mol. The Hall–Kier alpha value is -0.570. The smallest absolute Gasteiger partial charge is 0.222 e. The summed E-state index contributed by atoms with van der Waals surface area (Å²) >= 11 is 0. The topological polar surface area (TPSA) is 46.3 Å². The summed E-state index contributed by atoms with van der Waals surface area (Å²) in [5, 5.41) is 0.